The first-order chi connectivity index (χ1) is 9.69. The highest BCUT2D eigenvalue weighted by molar-refractivity contribution is 5.94. The maximum atomic E-state index is 11.9. The fourth-order valence-electron chi connectivity index (χ4n) is 1.97. The molecule has 2 rings (SSSR count). The Morgan fingerprint density at radius 2 is 2.10 bits per heavy atom. The Hall–Kier alpha value is -2.36. The number of amides is 1. The number of hydrogen-bond acceptors (Lipinski definition) is 3. The predicted molar refractivity (Wildman–Crippen MR) is 81.0 cm³/mol. The lowest BCUT2D eigenvalue weighted by Crippen LogP contribution is -2.25. The molecule has 20 heavy (non-hydrogen) atoms. The number of benzene rings is 1. The first-order valence-corrected chi connectivity index (χ1v) is 6.66. The van der Waals surface area contributed by atoms with Gasteiger partial charge in [0, 0.05) is 19.8 Å². The smallest absolute Gasteiger partial charge is 0.252 e. The van der Waals surface area contributed by atoms with Gasteiger partial charge in [0.25, 0.3) is 5.91 Å². The van der Waals surface area contributed by atoms with Crippen LogP contribution < -0.4 is 10.6 Å². The molecule has 104 valence electrons. The van der Waals surface area contributed by atoms with Gasteiger partial charge in [-0.05, 0) is 31.0 Å². The van der Waals surface area contributed by atoms with Crippen molar-refractivity contribution in [2.75, 3.05) is 18.9 Å². The second kappa shape index (κ2) is 6.70. The van der Waals surface area contributed by atoms with Crippen molar-refractivity contribution in [2.24, 2.45) is 0 Å². The standard InChI is InChI=1S/C16H19N3O/c1-12-4-3-5-13(10-12)8-9-18-16(20)14-6-7-15(17-2)19-11-14/h3-7,10-11H,8-9H2,1-2H3,(H,17,19)(H,18,20). The summed E-state index contributed by atoms with van der Waals surface area (Å²) in [5.74, 6) is 0.661. The van der Waals surface area contributed by atoms with Crippen LogP contribution in [-0.2, 0) is 6.42 Å². The Morgan fingerprint density at radius 1 is 1.25 bits per heavy atom. The molecule has 4 heteroatoms. The molecular weight excluding hydrogens is 250 g/mol. The summed E-state index contributed by atoms with van der Waals surface area (Å²) in [5, 5.41) is 5.83. The second-order valence-corrected chi connectivity index (χ2v) is 4.68. The van der Waals surface area contributed by atoms with Gasteiger partial charge in [0.05, 0.1) is 5.56 Å². The van der Waals surface area contributed by atoms with Crippen molar-refractivity contribution in [2.45, 2.75) is 13.3 Å². The largest absolute Gasteiger partial charge is 0.373 e. The molecule has 1 heterocycles. The molecule has 2 aromatic rings. The first kappa shape index (κ1) is 14.1. The molecule has 0 unspecified atom stereocenters. The molecule has 1 aromatic carbocycles. The van der Waals surface area contributed by atoms with Crippen molar-refractivity contribution in [3.05, 3.63) is 59.3 Å². The number of carbonyl (C=O) groups excluding carboxylic acids is 1. The Balaban J connectivity index is 1.85. The summed E-state index contributed by atoms with van der Waals surface area (Å²) in [6.45, 7) is 2.69. The maximum Gasteiger partial charge on any atom is 0.252 e. The van der Waals surface area contributed by atoms with E-state index in [9.17, 15) is 4.79 Å². The predicted octanol–water partition coefficient (Wildman–Crippen LogP) is 2.40. The van der Waals surface area contributed by atoms with E-state index < -0.39 is 0 Å². The van der Waals surface area contributed by atoms with Crippen LogP contribution in [0.1, 0.15) is 21.5 Å². The molecule has 0 radical (unpaired) electrons. The third-order valence-electron chi connectivity index (χ3n) is 3.06. The van der Waals surface area contributed by atoms with E-state index in [-0.39, 0.29) is 5.91 Å². The first-order valence-electron chi connectivity index (χ1n) is 6.66. The van der Waals surface area contributed by atoms with Crippen LogP contribution in [0.15, 0.2) is 42.6 Å². The average molecular weight is 269 g/mol. The van der Waals surface area contributed by atoms with Crippen LogP contribution in [0, 0.1) is 6.92 Å². The fourth-order valence-corrected chi connectivity index (χ4v) is 1.97. The van der Waals surface area contributed by atoms with Crippen LogP contribution in [0.4, 0.5) is 5.82 Å². The van der Waals surface area contributed by atoms with Crippen LogP contribution in [0.25, 0.3) is 0 Å². The molecule has 0 aliphatic rings. The van der Waals surface area contributed by atoms with E-state index in [0.717, 1.165) is 12.2 Å². The van der Waals surface area contributed by atoms with Gasteiger partial charge in [0.1, 0.15) is 5.82 Å². The van der Waals surface area contributed by atoms with Crippen LogP contribution >= 0.6 is 0 Å². The molecule has 0 saturated heterocycles. The lowest BCUT2D eigenvalue weighted by molar-refractivity contribution is 0.0954. The zero-order valence-electron chi connectivity index (χ0n) is 11.8. The highest BCUT2D eigenvalue weighted by Gasteiger charge is 2.05. The van der Waals surface area contributed by atoms with Crippen LogP contribution in [-0.4, -0.2) is 24.5 Å². The maximum absolute atomic E-state index is 11.9. The highest BCUT2D eigenvalue weighted by atomic mass is 16.1. The minimum Gasteiger partial charge on any atom is -0.373 e. The average Bonchev–Trinajstić information content (AvgIpc) is 2.47. The fraction of sp³-hybridized carbons (Fsp3) is 0.250. The molecule has 1 amide bonds. The van der Waals surface area contributed by atoms with Crippen molar-refractivity contribution < 1.29 is 4.79 Å². The number of pyridine rings is 1. The summed E-state index contributed by atoms with van der Waals surface area (Å²) < 4.78 is 0. The van der Waals surface area contributed by atoms with Crippen molar-refractivity contribution in [1.82, 2.24) is 10.3 Å². The normalized spacial score (nSPS) is 10.1. The van der Waals surface area contributed by atoms with E-state index in [0.29, 0.717) is 12.1 Å². The molecule has 0 fully saturated rings. The van der Waals surface area contributed by atoms with E-state index in [1.54, 1.807) is 25.4 Å². The van der Waals surface area contributed by atoms with Gasteiger partial charge in [0.2, 0.25) is 0 Å². The van der Waals surface area contributed by atoms with Gasteiger partial charge in [-0.15, -0.1) is 0 Å². The topological polar surface area (TPSA) is 54.0 Å². The van der Waals surface area contributed by atoms with Crippen LogP contribution in [0.2, 0.25) is 0 Å². The molecule has 0 saturated carbocycles. The minimum atomic E-state index is -0.0900. The van der Waals surface area contributed by atoms with Gasteiger partial charge in [-0.1, -0.05) is 29.8 Å². The number of carbonyl (C=O) groups is 1. The summed E-state index contributed by atoms with van der Waals surface area (Å²) in [4.78, 5) is 16.1. The zero-order valence-corrected chi connectivity index (χ0v) is 11.8. The Labute approximate surface area is 119 Å². The van der Waals surface area contributed by atoms with Gasteiger partial charge in [-0.2, -0.15) is 0 Å². The number of nitrogens with one attached hydrogen (secondary N) is 2. The van der Waals surface area contributed by atoms with Gasteiger partial charge in [-0.25, -0.2) is 4.98 Å². The van der Waals surface area contributed by atoms with E-state index in [1.807, 2.05) is 6.07 Å². The number of hydrogen-bond donors (Lipinski definition) is 2. The van der Waals surface area contributed by atoms with E-state index in [2.05, 4.69) is 40.7 Å². The van der Waals surface area contributed by atoms with Gasteiger partial charge < -0.3 is 10.6 Å². The van der Waals surface area contributed by atoms with Crippen molar-refractivity contribution in [3.63, 3.8) is 0 Å². The van der Waals surface area contributed by atoms with Gasteiger partial charge >= 0.3 is 0 Å². The Bertz CT molecular complexity index is 579. The minimum absolute atomic E-state index is 0.0900. The molecule has 0 atom stereocenters. The highest BCUT2D eigenvalue weighted by Crippen LogP contribution is 2.05. The zero-order chi connectivity index (χ0) is 14.4. The number of aromatic nitrogens is 1. The van der Waals surface area contributed by atoms with E-state index >= 15 is 0 Å². The number of rotatable bonds is 5. The quantitative estimate of drug-likeness (QED) is 0.876. The molecular formula is C16H19N3O. The monoisotopic (exact) mass is 269 g/mol. The van der Waals surface area contributed by atoms with E-state index in [1.165, 1.54) is 11.1 Å². The Kier molecular flexibility index (Phi) is 4.71. The summed E-state index contributed by atoms with van der Waals surface area (Å²) in [6, 6.07) is 11.9. The summed E-state index contributed by atoms with van der Waals surface area (Å²) in [6.07, 6.45) is 2.41. The van der Waals surface area contributed by atoms with Crippen LogP contribution in [0.3, 0.4) is 0 Å². The molecule has 0 bridgehead atoms. The third kappa shape index (κ3) is 3.82. The molecule has 0 aliphatic heterocycles. The molecule has 1 aromatic heterocycles. The number of nitrogens with zero attached hydrogens (tertiary/aromatic N) is 1. The molecule has 0 aliphatic carbocycles. The van der Waals surface area contributed by atoms with Gasteiger partial charge in [0.15, 0.2) is 0 Å². The summed E-state index contributed by atoms with van der Waals surface area (Å²) in [7, 11) is 1.80. The number of anilines is 1. The van der Waals surface area contributed by atoms with Crippen molar-refractivity contribution in [3.8, 4) is 0 Å². The molecule has 4 nitrogen and oxygen atoms in total. The van der Waals surface area contributed by atoms with Crippen molar-refractivity contribution >= 4 is 11.7 Å². The van der Waals surface area contributed by atoms with Crippen LogP contribution in [0.5, 0.6) is 0 Å². The summed E-state index contributed by atoms with van der Waals surface area (Å²) >= 11 is 0. The lowest BCUT2D eigenvalue weighted by Gasteiger charge is -2.06. The van der Waals surface area contributed by atoms with Gasteiger partial charge in [-0.3, -0.25) is 4.79 Å². The number of aryl methyl sites for hydroxylation is 1. The third-order valence-corrected chi connectivity index (χ3v) is 3.06. The molecule has 0 spiro atoms. The second-order valence-electron chi connectivity index (χ2n) is 4.68. The van der Waals surface area contributed by atoms with Crippen molar-refractivity contribution in [1.29, 1.82) is 0 Å². The lowest BCUT2D eigenvalue weighted by atomic mass is 10.1. The SMILES string of the molecule is CNc1ccc(C(=O)NCCc2cccc(C)c2)cn1. The van der Waals surface area contributed by atoms with E-state index in [4.69, 9.17) is 0 Å². The molecule has 2 N–H and O–H groups in total. The summed E-state index contributed by atoms with van der Waals surface area (Å²) in [5.41, 5.74) is 3.04. The Morgan fingerprint density at radius 3 is 2.75 bits per heavy atom.